The molecule has 1 atom stereocenters. The van der Waals surface area contributed by atoms with Gasteiger partial charge in [0.15, 0.2) is 0 Å². The summed E-state index contributed by atoms with van der Waals surface area (Å²) in [6.07, 6.45) is 4.15. The summed E-state index contributed by atoms with van der Waals surface area (Å²) < 4.78 is 10.9. The molecule has 2 aromatic heterocycles. The molecule has 0 bridgehead atoms. The Hall–Kier alpha value is -1.55. The van der Waals surface area contributed by atoms with Crippen LogP contribution >= 0.6 is 0 Å². The number of rotatable bonds is 4. The van der Waals surface area contributed by atoms with Crippen molar-refractivity contribution in [2.24, 2.45) is 5.73 Å². The van der Waals surface area contributed by atoms with Crippen molar-refractivity contribution in [3.05, 3.63) is 24.6 Å². The zero-order valence-electron chi connectivity index (χ0n) is 9.56. The first-order valence-electron chi connectivity index (χ1n) is 5.36. The van der Waals surface area contributed by atoms with Crippen molar-refractivity contribution in [1.29, 1.82) is 0 Å². The molecule has 86 valence electrons. The molecule has 2 aromatic rings. The molecule has 0 aromatic carbocycles. The maximum absolute atomic E-state index is 6.01. The Morgan fingerprint density at radius 2 is 2.31 bits per heavy atom. The van der Waals surface area contributed by atoms with Gasteiger partial charge in [0, 0.05) is 11.7 Å². The number of nitrogens with two attached hydrogens (primary N) is 1. The van der Waals surface area contributed by atoms with E-state index in [9.17, 15) is 0 Å². The lowest BCUT2D eigenvalue weighted by molar-refractivity contribution is 0.221. The number of hydrogen-bond donors (Lipinski definition) is 1. The van der Waals surface area contributed by atoms with Gasteiger partial charge in [0.05, 0.1) is 11.6 Å². The number of aromatic nitrogens is 1. The number of nitrogens with zero attached hydrogens (tertiary/aromatic N) is 1. The Bertz CT molecular complexity index is 477. The van der Waals surface area contributed by atoms with Crippen LogP contribution in [0.1, 0.15) is 20.3 Å². The fraction of sp³-hybridized carbons (Fsp3) is 0.417. The van der Waals surface area contributed by atoms with Gasteiger partial charge in [0.2, 0.25) is 5.88 Å². The largest absolute Gasteiger partial charge is 0.475 e. The van der Waals surface area contributed by atoms with Crippen molar-refractivity contribution in [3.8, 4) is 5.88 Å². The maximum atomic E-state index is 6.01. The molecular formula is C12H16N2O2. The molecule has 2 N–H and O–H groups in total. The van der Waals surface area contributed by atoms with E-state index in [1.165, 1.54) is 0 Å². The van der Waals surface area contributed by atoms with Gasteiger partial charge in [-0.15, -0.1) is 0 Å². The third-order valence-corrected chi connectivity index (χ3v) is 2.69. The fourth-order valence-electron chi connectivity index (χ4n) is 1.32. The van der Waals surface area contributed by atoms with Crippen LogP contribution in [0.2, 0.25) is 0 Å². The third kappa shape index (κ3) is 2.17. The van der Waals surface area contributed by atoms with Crippen LogP contribution in [0.15, 0.2) is 29.0 Å². The lowest BCUT2D eigenvalue weighted by Gasteiger charge is -2.22. The summed E-state index contributed by atoms with van der Waals surface area (Å²) >= 11 is 0. The molecule has 0 aliphatic heterocycles. The fourth-order valence-corrected chi connectivity index (χ4v) is 1.32. The second kappa shape index (κ2) is 4.14. The van der Waals surface area contributed by atoms with Crippen LogP contribution in [0.4, 0.5) is 0 Å². The lowest BCUT2D eigenvalue weighted by Crippen LogP contribution is -2.41. The van der Waals surface area contributed by atoms with E-state index in [0.717, 1.165) is 17.4 Å². The lowest BCUT2D eigenvalue weighted by atomic mass is 10.0. The van der Waals surface area contributed by atoms with Gasteiger partial charge in [-0.2, -0.15) is 0 Å². The van der Waals surface area contributed by atoms with Crippen LogP contribution in [-0.2, 0) is 0 Å². The number of fused-ring (bicyclic) bond motifs is 1. The molecule has 0 spiro atoms. The normalized spacial score (nSPS) is 14.9. The molecule has 0 aliphatic carbocycles. The van der Waals surface area contributed by atoms with E-state index in [1.54, 1.807) is 12.5 Å². The van der Waals surface area contributed by atoms with Crippen LogP contribution in [-0.4, -0.2) is 17.1 Å². The van der Waals surface area contributed by atoms with Gasteiger partial charge in [-0.1, -0.05) is 6.92 Å². The molecule has 0 fully saturated rings. The predicted molar refractivity (Wildman–Crippen MR) is 62.4 cm³/mol. The topological polar surface area (TPSA) is 61.3 Å². The molecule has 0 saturated heterocycles. The monoisotopic (exact) mass is 220 g/mol. The van der Waals surface area contributed by atoms with Gasteiger partial charge in [-0.3, -0.25) is 0 Å². The average molecular weight is 220 g/mol. The molecule has 4 heteroatoms. The summed E-state index contributed by atoms with van der Waals surface area (Å²) in [6.45, 7) is 4.44. The van der Waals surface area contributed by atoms with Crippen LogP contribution in [0.5, 0.6) is 5.88 Å². The van der Waals surface area contributed by atoms with Crippen molar-refractivity contribution >= 4 is 11.0 Å². The number of furan rings is 1. The van der Waals surface area contributed by atoms with E-state index >= 15 is 0 Å². The summed E-state index contributed by atoms with van der Waals surface area (Å²) in [4.78, 5) is 4.18. The van der Waals surface area contributed by atoms with E-state index in [-0.39, 0.29) is 5.54 Å². The molecule has 0 radical (unpaired) electrons. The van der Waals surface area contributed by atoms with Crippen molar-refractivity contribution in [2.75, 3.05) is 6.61 Å². The van der Waals surface area contributed by atoms with Gasteiger partial charge >= 0.3 is 0 Å². The van der Waals surface area contributed by atoms with E-state index in [1.807, 2.05) is 26.0 Å². The Morgan fingerprint density at radius 1 is 1.50 bits per heavy atom. The molecule has 4 nitrogen and oxygen atoms in total. The zero-order chi connectivity index (χ0) is 11.6. The summed E-state index contributed by atoms with van der Waals surface area (Å²) in [5.41, 5.74) is 6.46. The Labute approximate surface area is 94.4 Å². The highest BCUT2D eigenvalue weighted by Gasteiger charge is 2.17. The van der Waals surface area contributed by atoms with E-state index in [0.29, 0.717) is 12.5 Å². The standard InChI is InChI=1S/C12H16N2O2/c1-3-12(2,13)8-16-11-9-5-7-15-10(9)4-6-14-11/h4-7H,3,8,13H2,1-2H3. The maximum Gasteiger partial charge on any atom is 0.224 e. The van der Waals surface area contributed by atoms with Crippen molar-refractivity contribution in [2.45, 2.75) is 25.8 Å². The molecular weight excluding hydrogens is 204 g/mol. The average Bonchev–Trinajstić information content (AvgIpc) is 2.75. The van der Waals surface area contributed by atoms with Gasteiger partial charge in [0.25, 0.3) is 0 Å². The minimum absolute atomic E-state index is 0.326. The van der Waals surface area contributed by atoms with Crippen molar-refractivity contribution in [3.63, 3.8) is 0 Å². The first kappa shape index (κ1) is 11.0. The minimum atomic E-state index is -0.326. The first-order chi connectivity index (χ1) is 7.62. The van der Waals surface area contributed by atoms with Gasteiger partial charge in [-0.05, 0) is 25.5 Å². The summed E-state index contributed by atoms with van der Waals surface area (Å²) in [6, 6.07) is 3.65. The summed E-state index contributed by atoms with van der Waals surface area (Å²) in [7, 11) is 0. The predicted octanol–water partition coefficient (Wildman–Crippen LogP) is 2.33. The number of pyridine rings is 1. The second-order valence-corrected chi connectivity index (χ2v) is 4.24. The van der Waals surface area contributed by atoms with Gasteiger partial charge in [-0.25, -0.2) is 4.98 Å². The number of hydrogen-bond acceptors (Lipinski definition) is 4. The highest BCUT2D eigenvalue weighted by molar-refractivity contribution is 5.81. The van der Waals surface area contributed by atoms with Crippen molar-refractivity contribution < 1.29 is 9.15 Å². The SMILES string of the molecule is CCC(C)(N)COc1nccc2occc12. The quantitative estimate of drug-likeness (QED) is 0.859. The highest BCUT2D eigenvalue weighted by Crippen LogP contribution is 2.24. The summed E-state index contributed by atoms with van der Waals surface area (Å²) in [5.74, 6) is 0.580. The van der Waals surface area contributed by atoms with Gasteiger partial charge < -0.3 is 14.9 Å². The van der Waals surface area contributed by atoms with E-state index in [4.69, 9.17) is 14.9 Å². The van der Waals surface area contributed by atoms with Crippen molar-refractivity contribution in [1.82, 2.24) is 4.98 Å². The van der Waals surface area contributed by atoms with Crippen LogP contribution in [0, 0.1) is 0 Å². The minimum Gasteiger partial charge on any atom is -0.475 e. The van der Waals surface area contributed by atoms with Gasteiger partial charge in [0.1, 0.15) is 12.2 Å². The zero-order valence-corrected chi connectivity index (χ0v) is 9.56. The molecule has 0 amide bonds. The Balaban J connectivity index is 2.18. The molecule has 16 heavy (non-hydrogen) atoms. The van der Waals surface area contributed by atoms with E-state index in [2.05, 4.69) is 4.98 Å². The Morgan fingerprint density at radius 3 is 3.06 bits per heavy atom. The first-order valence-corrected chi connectivity index (χ1v) is 5.36. The Kier molecular flexibility index (Phi) is 2.83. The second-order valence-electron chi connectivity index (χ2n) is 4.24. The summed E-state index contributed by atoms with van der Waals surface area (Å²) in [5, 5.41) is 0.884. The van der Waals surface area contributed by atoms with Crippen LogP contribution in [0.3, 0.4) is 0 Å². The van der Waals surface area contributed by atoms with E-state index < -0.39 is 0 Å². The molecule has 2 rings (SSSR count). The third-order valence-electron chi connectivity index (χ3n) is 2.69. The highest BCUT2D eigenvalue weighted by atomic mass is 16.5. The molecule has 2 heterocycles. The van der Waals surface area contributed by atoms with Crippen LogP contribution < -0.4 is 10.5 Å². The van der Waals surface area contributed by atoms with Crippen LogP contribution in [0.25, 0.3) is 11.0 Å². The molecule has 0 saturated carbocycles. The smallest absolute Gasteiger partial charge is 0.224 e. The number of ether oxygens (including phenoxy) is 1. The molecule has 0 aliphatic rings. The molecule has 1 unspecified atom stereocenters.